The lowest BCUT2D eigenvalue weighted by atomic mass is 9.88. The predicted molar refractivity (Wildman–Crippen MR) is 76.0 cm³/mol. The van der Waals surface area contributed by atoms with Crippen molar-refractivity contribution in [2.24, 2.45) is 0 Å². The molecule has 128 valence electrons. The van der Waals surface area contributed by atoms with Gasteiger partial charge in [-0.1, -0.05) is 35.3 Å². The number of hydrogen-bond donors (Lipinski definition) is 2. The highest BCUT2D eigenvalue weighted by Crippen LogP contribution is 2.53. The van der Waals surface area contributed by atoms with Gasteiger partial charge >= 0.3 is 12.4 Å². The van der Waals surface area contributed by atoms with Crippen LogP contribution in [-0.2, 0) is 12.0 Å². The van der Waals surface area contributed by atoms with Gasteiger partial charge in [0.2, 0.25) is 0 Å². The molecule has 0 bridgehead atoms. The van der Waals surface area contributed by atoms with E-state index in [1.54, 1.807) is 6.92 Å². The molecule has 1 aromatic carbocycles. The molecule has 9 heteroatoms. The van der Waals surface area contributed by atoms with E-state index in [1.165, 1.54) is 12.1 Å². The Morgan fingerprint density at radius 3 is 2.13 bits per heavy atom. The molecule has 0 aliphatic rings. The third-order valence-electron chi connectivity index (χ3n) is 3.52. The summed E-state index contributed by atoms with van der Waals surface area (Å²) < 4.78 is 79.7. The smallest absolute Gasteiger partial charge is 0.369 e. The summed E-state index contributed by atoms with van der Waals surface area (Å²) in [5.41, 5.74) is -6.30. The first-order valence-electron chi connectivity index (χ1n) is 6.60. The van der Waals surface area contributed by atoms with Crippen LogP contribution in [0, 0.1) is 0 Å². The summed E-state index contributed by atoms with van der Waals surface area (Å²) in [5, 5.41) is 9.43. The molecular weight excluding hydrogens is 392 g/mol. The Kier molecular flexibility index (Phi) is 4.49. The van der Waals surface area contributed by atoms with Crippen molar-refractivity contribution in [2.75, 3.05) is 0 Å². The van der Waals surface area contributed by atoms with E-state index in [9.17, 15) is 31.4 Å². The SMILES string of the molecule is CCCc1[nH]c2cc(Br)ccc2c1C(O)(C(F)(F)F)C(F)(F)F. The zero-order chi connectivity index (χ0) is 17.6. The van der Waals surface area contributed by atoms with Crippen LogP contribution in [0.15, 0.2) is 22.7 Å². The van der Waals surface area contributed by atoms with Crippen LogP contribution in [0.2, 0.25) is 0 Å². The Morgan fingerprint density at radius 2 is 1.65 bits per heavy atom. The number of fused-ring (bicyclic) bond motifs is 1. The standard InChI is InChI=1S/C14H12BrF6NO/c1-2-3-9-11(8-5-4-7(15)6-10(8)22-9)12(23,13(16,17)18)14(19,20)21/h4-6,22-23H,2-3H2,1H3. The Labute approximate surface area is 135 Å². The fourth-order valence-electron chi connectivity index (χ4n) is 2.52. The number of aliphatic hydroxyl groups is 1. The minimum absolute atomic E-state index is 0.0594. The number of nitrogens with one attached hydrogen (secondary N) is 1. The van der Waals surface area contributed by atoms with Crippen molar-refractivity contribution in [3.63, 3.8) is 0 Å². The van der Waals surface area contributed by atoms with Crippen molar-refractivity contribution in [3.05, 3.63) is 33.9 Å². The topological polar surface area (TPSA) is 36.0 Å². The van der Waals surface area contributed by atoms with Crippen molar-refractivity contribution in [1.29, 1.82) is 0 Å². The van der Waals surface area contributed by atoms with E-state index < -0.39 is 23.5 Å². The van der Waals surface area contributed by atoms with Gasteiger partial charge in [0.15, 0.2) is 0 Å². The van der Waals surface area contributed by atoms with Crippen LogP contribution in [-0.4, -0.2) is 22.4 Å². The van der Waals surface area contributed by atoms with E-state index in [1.807, 2.05) is 0 Å². The number of aromatic amines is 1. The van der Waals surface area contributed by atoms with Crippen molar-refractivity contribution >= 4 is 26.8 Å². The summed E-state index contributed by atoms with van der Waals surface area (Å²) in [5.74, 6) is 0. The van der Waals surface area contributed by atoms with Gasteiger partial charge in [0.1, 0.15) is 0 Å². The highest BCUT2D eigenvalue weighted by atomic mass is 79.9. The summed E-state index contributed by atoms with van der Waals surface area (Å²) in [4.78, 5) is 2.57. The molecule has 0 radical (unpaired) electrons. The number of alkyl halides is 6. The Bertz CT molecular complexity index is 704. The maximum absolute atomic E-state index is 13.2. The minimum Gasteiger partial charge on any atom is -0.369 e. The molecule has 0 aliphatic heterocycles. The zero-order valence-corrected chi connectivity index (χ0v) is 13.3. The second-order valence-corrected chi connectivity index (χ2v) is 6.04. The third-order valence-corrected chi connectivity index (χ3v) is 4.01. The largest absolute Gasteiger partial charge is 0.430 e. The van der Waals surface area contributed by atoms with Gasteiger partial charge in [-0.15, -0.1) is 0 Å². The second kappa shape index (κ2) is 5.70. The van der Waals surface area contributed by atoms with E-state index in [-0.39, 0.29) is 23.0 Å². The highest BCUT2D eigenvalue weighted by Gasteiger charge is 2.72. The van der Waals surface area contributed by atoms with Crippen LogP contribution in [0.1, 0.15) is 24.6 Å². The first kappa shape index (κ1) is 18.1. The molecule has 2 aromatic rings. The molecule has 0 saturated carbocycles. The van der Waals surface area contributed by atoms with Gasteiger partial charge in [-0.2, -0.15) is 26.3 Å². The maximum Gasteiger partial charge on any atom is 0.430 e. The average Bonchev–Trinajstić information content (AvgIpc) is 2.72. The molecule has 2 N–H and O–H groups in total. The third kappa shape index (κ3) is 2.84. The molecule has 2 rings (SSSR count). The van der Waals surface area contributed by atoms with Crippen molar-refractivity contribution < 1.29 is 31.4 Å². The van der Waals surface area contributed by atoms with E-state index in [4.69, 9.17) is 0 Å². The van der Waals surface area contributed by atoms with Crippen molar-refractivity contribution in [1.82, 2.24) is 4.98 Å². The maximum atomic E-state index is 13.2. The summed E-state index contributed by atoms with van der Waals surface area (Å²) in [6.07, 6.45) is -11.6. The monoisotopic (exact) mass is 403 g/mol. The number of halogens is 7. The number of rotatable bonds is 3. The lowest BCUT2D eigenvalue weighted by Gasteiger charge is -2.33. The number of H-pyrrole nitrogens is 1. The van der Waals surface area contributed by atoms with E-state index >= 15 is 0 Å². The van der Waals surface area contributed by atoms with Crippen LogP contribution in [0.4, 0.5) is 26.3 Å². The van der Waals surface area contributed by atoms with Crippen molar-refractivity contribution in [3.8, 4) is 0 Å². The Morgan fingerprint density at radius 1 is 1.09 bits per heavy atom. The average molecular weight is 404 g/mol. The number of aromatic nitrogens is 1. The second-order valence-electron chi connectivity index (χ2n) is 5.12. The van der Waals surface area contributed by atoms with E-state index in [0.29, 0.717) is 10.9 Å². The fourth-order valence-corrected chi connectivity index (χ4v) is 2.88. The quantitative estimate of drug-likeness (QED) is 0.679. The molecule has 2 nitrogen and oxygen atoms in total. The zero-order valence-electron chi connectivity index (χ0n) is 11.7. The van der Waals surface area contributed by atoms with Crippen LogP contribution in [0.3, 0.4) is 0 Å². The van der Waals surface area contributed by atoms with Gasteiger partial charge in [0, 0.05) is 26.6 Å². The lowest BCUT2D eigenvalue weighted by Crippen LogP contribution is -2.54. The van der Waals surface area contributed by atoms with Gasteiger partial charge in [-0.25, -0.2) is 0 Å². The summed E-state index contributed by atoms with van der Waals surface area (Å²) in [6.45, 7) is 1.62. The summed E-state index contributed by atoms with van der Waals surface area (Å²) in [6, 6.07) is 3.81. The number of aryl methyl sites for hydroxylation is 1. The molecule has 23 heavy (non-hydrogen) atoms. The van der Waals surface area contributed by atoms with Gasteiger partial charge in [-0.3, -0.25) is 0 Å². The molecule has 0 amide bonds. The van der Waals surface area contributed by atoms with Crippen molar-refractivity contribution in [2.45, 2.75) is 37.7 Å². The van der Waals surface area contributed by atoms with Gasteiger partial charge in [0.25, 0.3) is 5.60 Å². The molecule has 0 atom stereocenters. The van der Waals surface area contributed by atoms with E-state index in [0.717, 1.165) is 6.07 Å². The molecule has 0 spiro atoms. The normalized spacial score (nSPS) is 13.8. The number of benzene rings is 1. The first-order chi connectivity index (χ1) is 10.4. The van der Waals surface area contributed by atoms with Crippen LogP contribution < -0.4 is 0 Å². The highest BCUT2D eigenvalue weighted by molar-refractivity contribution is 9.10. The minimum atomic E-state index is -5.91. The first-order valence-corrected chi connectivity index (χ1v) is 7.39. The molecule has 0 saturated heterocycles. The molecule has 0 unspecified atom stereocenters. The van der Waals surface area contributed by atoms with Crippen LogP contribution in [0.25, 0.3) is 10.9 Å². The Hall–Kier alpha value is -1.22. The summed E-state index contributed by atoms with van der Waals surface area (Å²) >= 11 is 3.11. The molecular formula is C14H12BrF6NO. The van der Waals surface area contributed by atoms with Gasteiger partial charge in [-0.05, 0) is 18.6 Å². The van der Waals surface area contributed by atoms with E-state index in [2.05, 4.69) is 20.9 Å². The molecule has 0 aliphatic carbocycles. The fraction of sp³-hybridized carbons (Fsp3) is 0.429. The van der Waals surface area contributed by atoms with Gasteiger partial charge < -0.3 is 10.1 Å². The van der Waals surface area contributed by atoms with Gasteiger partial charge in [0.05, 0.1) is 0 Å². The molecule has 1 aromatic heterocycles. The predicted octanol–water partition coefficient (Wildman–Crippen LogP) is 5.20. The molecule has 0 fully saturated rings. The van der Waals surface area contributed by atoms with Crippen LogP contribution >= 0.6 is 15.9 Å². The summed E-state index contributed by atoms with van der Waals surface area (Å²) in [7, 11) is 0. The van der Waals surface area contributed by atoms with Crippen LogP contribution in [0.5, 0.6) is 0 Å². The lowest BCUT2D eigenvalue weighted by molar-refractivity contribution is -0.375. The number of hydrogen-bond acceptors (Lipinski definition) is 1. The Balaban J connectivity index is 2.89. The molecule has 1 heterocycles.